The average Bonchev–Trinajstić information content (AvgIpc) is 3.31. The molecule has 0 radical (unpaired) electrons. The van der Waals surface area contributed by atoms with Gasteiger partial charge in [0.1, 0.15) is 0 Å². The van der Waals surface area contributed by atoms with Gasteiger partial charge in [-0.2, -0.15) is 0 Å². The first-order chi connectivity index (χ1) is 14.8. The molecule has 0 bridgehead atoms. The quantitative estimate of drug-likeness (QED) is 0.378. The number of hydrogen-bond donors (Lipinski definition) is 0. The summed E-state index contributed by atoms with van der Waals surface area (Å²) in [5.74, 6) is 0.528. The van der Waals surface area contributed by atoms with E-state index in [1.54, 1.807) is 24.3 Å². The summed E-state index contributed by atoms with van der Waals surface area (Å²) in [6, 6.07) is 12.2. The normalized spacial score (nSPS) is 12.1. The first-order valence-corrected chi connectivity index (χ1v) is 10.3. The highest BCUT2D eigenvalue weighted by molar-refractivity contribution is 6.35. The minimum absolute atomic E-state index is 0.0422. The molecule has 160 valence electrons. The van der Waals surface area contributed by atoms with Crippen LogP contribution >= 0.6 is 23.2 Å². The Bertz CT molecular complexity index is 1180. The zero-order chi connectivity index (χ0) is 22.1. The number of hydrogen-bond acceptors (Lipinski definition) is 5. The van der Waals surface area contributed by atoms with Gasteiger partial charge in [0.15, 0.2) is 18.1 Å². The molecule has 0 aliphatic carbocycles. The number of esters is 1. The fourth-order valence-electron chi connectivity index (χ4n) is 3.56. The predicted molar refractivity (Wildman–Crippen MR) is 117 cm³/mol. The van der Waals surface area contributed by atoms with E-state index in [-0.39, 0.29) is 25.6 Å². The third-order valence-electron chi connectivity index (χ3n) is 5.06. The highest BCUT2D eigenvalue weighted by Gasteiger charge is 2.20. The van der Waals surface area contributed by atoms with Crippen molar-refractivity contribution in [2.75, 3.05) is 13.4 Å². The lowest BCUT2D eigenvalue weighted by Gasteiger charge is -2.11. The fourth-order valence-corrected chi connectivity index (χ4v) is 4.04. The van der Waals surface area contributed by atoms with Crippen molar-refractivity contribution in [1.29, 1.82) is 0 Å². The van der Waals surface area contributed by atoms with Crippen molar-refractivity contribution >= 4 is 35.0 Å². The summed E-state index contributed by atoms with van der Waals surface area (Å²) in [6.07, 6.45) is -0.0422. The van der Waals surface area contributed by atoms with Crippen LogP contribution < -0.4 is 9.47 Å². The molecule has 0 saturated heterocycles. The largest absolute Gasteiger partial charge is 0.457 e. The van der Waals surface area contributed by atoms with Crippen LogP contribution in [-0.2, 0) is 16.0 Å². The molecule has 1 aromatic heterocycles. The summed E-state index contributed by atoms with van der Waals surface area (Å²) in [7, 11) is 0. The molecule has 0 atom stereocenters. The molecule has 2 aromatic carbocycles. The van der Waals surface area contributed by atoms with Gasteiger partial charge in [0.25, 0.3) is 0 Å². The molecular formula is C23H19Cl2NO5. The van der Waals surface area contributed by atoms with E-state index in [4.69, 9.17) is 37.4 Å². The molecule has 3 aromatic rings. The molecule has 0 saturated carbocycles. The first-order valence-electron chi connectivity index (χ1n) is 9.55. The number of rotatable bonds is 6. The van der Waals surface area contributed by atoms with Gasteiger partial charge in [-0.1, -0.05) is 29.3 Å². The molecule has 0 amide bonds. The maximum absolute atomic E-state index is 12.7. The Hall–Kier alpha value is -2.96. The summed E-state index contributed by atoms with van der Waals surface area (Å²) in [6.45, 7) is 3.59. The van der Waals surface area contributed by atoms with Crippen molar-refractivity contribution < 1.29 is 23.8 Å². The Morgan fingerprint density at radius 1 is 1.03 bits per heavy atom. The number of fused-ring (bicyclic) bond motifs is 1. The van der Waals surface area contributed by atoms with Crippen molar-refractivity contribution in [2.24, 2.45) is 0 Å². The molecule has 1 aliphatic rings. The number of aryl methyl sites for hydroxylation is 1. The van der Waals surface area contributed by atoms with Crippen LogP contribution in [0.25, 0.3) is 5.69 Å². The van der Waals surface area contributed by atoms with Gasteiger partial charge < -0.3 is 18.8 Å². The number of benzene rings is 2. The lowest BCUT2D eigenvalue weighted by atomic mass is 10.1. The van der Waals surface area contributed by atoms with Gasteiger partial charge >= 0.3 is 5.97 Å². The van der Waals surface area contributed by atoms with Crippen LogP contribution in [0.5, 0.6) is 11.5 Å². The number of ketones is 1. The van der Waals surface area contributed by atoms with Gasteiger partial charge in [0, 0.05) is 38.8 Å². The van der Waals surface area contributed by atoms with Crippen molar-refractivity contribution in [2.45, 2.75) is 20.3 Å². The predicted octanol–water partition coefficient (Wildman–Crippen LogP) is 5.10. The van der Waals surface area contributed by atoms with Crippen LogP contribution in [-0.4, -0.2) is 29.7 Å². The molecule has 0 fully saturated rings. The van der Waals surface area contributed by atoms with Crippen LogP contribution in [0.1, 0.15) is 27.3 Å². The molecule has 0 unspecified atom stereocenters. The van der Waals surface area contributed by atoms with Gasteiger partial charge in [0.2, 0.25) is 12.6 Å². The Kier molecular flexibility index (Phi) is 5.94. The highest BCUT2D eigenvalue weighted by Crippen LogP contribution is 2.35. The van der Waals surface area contributed by atoms with E-state index in [9.17, 15) is 9.59 Å². The number of Topliss-reactive ketones (excluding diaryl/α,β-unsaturated/α-hetero) is 1. The van der Waals surface area contributed by atoms with E-state index < -0.39 is 5.97 Å². The molecule has 31 heavy (non-hydrogen) atoms. The Morgan fingerprint density at radius 3 is 2.58 bits per heavy atom. The highest BCUT2D eigenvalue weighted by atomic mass is 35.5. The number of carbonyl (C=O) groups is 2. The molecule has 2 heterocycles. The third kappa shape index (κ3) is 4.40. The van der Waals surface area contributed by atoms with Crippen molar-refractivity contribution in [3.8, 4) is 17.2 Å². The third-order valence-corrected chi connectivity index (χ3v) is 5.65. The van der Waals surface area contributed by atoms with Crippen LogP contribution in [0.15, 0.2) is 42.5 Å². The Morgan fingerprint density at radius 2 is 1.81 bits per heavy atom. The Balaban J connectivity index is 1.45. The van der Waals surface area contributed by atoms with Gasteiger partial charge in [-0.25, -0.2) is 0 Å². The second-order valence-electron chi connectivity index (χ2n) is 7.15. The molecular weight excluding hydrogens is 441 g/mol. The maximum Gasteiger partial charge on any atom is 0.310 e. The smallest absolute Gasteiger partial charge is 0.310 e. The van der Waals surface area contributed by atoms with E-state index >= 15 is 0 Å². The molecule has 8 heteroatoms. The van der Waals surface area contributed by atoms with E-state index in [1.807, 2.05) is 36.6 Å². The summed E-state index contributed by atoms with van der Waals surface area (Å²) < 4.78 is 17.9. The van der Waals surface area contributed by atoms with Crippen LogP contribution in [0, 0.1) is 13.8 Å². The Labute approximate surface area is 189 Å². The SMILES string of the molecule is Cc1cc(C(=O)COC(=O)Cc2ccc(Cl)cc2Cl)c(C)n1-c1ccc2c(c1)OCO2. The van der Waals surface area contributed by atoms with Gasteiger partial charge in [-0.3, -0.25) is 9.59 Å². The zero-order valence-corrected chi connectivity index (χ0v) is 18.4. The van der Waals surface area contributed by atoms with Crippen LogP contribution in [0.3, 0.4) is 0 Å². The molecule has 6 nitrogen and oxygen atoms in total. The number of halogens is 2. The summed E-state index contributed by atoms with van der Waals surface area (Å²) in [5, 5.41) is 0.859. The zero-order valence-electron chi connectivity index (χ0n) is 16.9. The molecule has 0 N–H and O–H groups in total. The molecule has 0 spiro atoms. The first kappa shape index (κ1) is 21.3. The minimum atomic E-state index is -0.540. The maximum atomic E-state index is 12.7. The van der Waals surface area contributed by atoms with Crippen molar-refractivity contribution in [3.63, 3.8) is 0 Å². The number of nitrogens with zero attached hydrogens (tertiary/aromatic N) is 1. The monoisotopic (exact) mass is 459 g/mol. The standard InChI is InChI=1S/C23H19Cl2NO5/c1-13-7-18(14(2)26(13)17-5-6-21-22(10-17)31-12-30-21)20(27)11-29-23(28)8-15-3-4-16(24)9-19(15)25/h3-7,9-10H,8,11-12H2,1-2H3. The van der Waals surface area contributed by atoms with Crippen molar-refractivity contribution in [3.05, 3.63) is 75.0 Å². The minimum Gasteiger partial charge on any atom is -0.457 e. The van der Waals surface area contributed by atoms with E-state index in [0.29, 0.717) is 32.7 Å². The second-order valence-corrected chi connectivity index (χ2v) is 8.00. The summed E-state index contributed by atoms with van der Waals surface area (Å²) in [4.78, 5) is 24.9. The lowest BCUT2D eigenvalue weighted by molar-refractivity contribution is -0.141. The van der Waals surface area contributed by atoms with E-state index in [0.717, 1.165) is 17.1 Å². The van der Waals surface area contributed by atoms with Crippen LogP contribution in [0.2, 0.25) is 10.0 Å². The van der Waals surface area contributed by atoms with Gasteiger partial charge in [-0.05, 0) is 49.7 Å². The molecule has 4 rings (SSSR count). The van der Waals surface area contributed by atoms with E-state index in [2.05, 4.69) is 0 Å². The van der Waals surface area contributed by atoms with Gasteiger partial charge in [-0.15, -0.1) is 0 Å². The fraction of sp³-hybridized carbons (Fsp3) is 0.217. The molecule has 1 aliphatic heterocycles. The van der Waals surface area contributed by atoms with Crippen molar-refractivity contribution in [1.82, 2.24) is 4.57 Å². The van der Waals surface area contributed by atoms with Crippen LogP contribution in [0.4, 0.5) is 0 Å². The van der Waals surface area contributed by atoms with E-state index in [1.165, 1.54) is 0 Å². The lowest BCUT2D eigenvalue weighted by Crippen LogP contribution is -2.16. The van der Waals surface area contributed by atoms with Gasteiger partial charge in [0.05, 0.1) is 6.42 Å². The number of aromatic nitrogens is 1. The average molecular weight is 460 g/mol. The second kappa shape index (κ2) is 8.65. The summed E-state index contributed by atoms with van der Waals surface area (Å²) >= 11 is 12.0. The number of ether oxygens (including phenoxy) is 3. The number of carbonyl (C=O) groups excluding carboxylic acids is 2. The summed E-state index contributed by atoms with van der Waals surface area (Å²) in [5.41, 5.74) is 3.56. The topological polar surface area (TPSA) is 66.8 Å².